The highest BCUT2D eigenvalue weighted by molar-refractivity contribution is 7.18. The Balaban J connectivity index is 0.000000273. The van der Waals surface area contributed by atoms with E-state index in [-0.39, 0.29) is 49.6 Å². The van der Waals surface area contributed by atoms with Gasteiger partial charge in [-0.1, -0.05) is 22.7 Å². The molecule has 78 heavy (non-hydrogen) atoms. The summed E-state index contributed by atoms with van der Waals surface area (Å²) in [5.74, 6) is -0.425. The number of thiazole rings is 2. The fourth-order valence-electron chi connectivity index (χ4n) is 6.40. The van der Waals surface area contributed by atoms with Gasteiger partial charge in [0.15, 0.2) is 11.6 Å². The minimum absolute atomic E-state index is 0.0205. The summed E-state index contributed by atoms with van der Waals surface area (Å²) in [5.41, 5.74) is -0.287. The molecule has 0 aliphatic heterocycles. The lowest BCUT2D eigenvalue weighted by Crippen LogP contribution is -2.44. The van der Waals surface area contributed by atoms with Crippen molar-refractivity contribution in [3.8, 4) is 0 Å². The number of fused-ring (bicyclic) bond motifs is 2. The number of ether oxygens (including phenoxy) is 6. The lowest BCUT2D eigenvalue weighted by atomic mass is 10.2. The average Bonchev–Trinajstić information content (AvgIpc) is 3.97. The zero-order valence-corrected chi connectivity index (χ0v) is 47.7. The molecule has 0 aromatic carbocycles. The van der Waals surface area contributed by atoms with Crippen LogP contribution in [-0.4, -0.2) is 131 Å². The van der Waals surface area contributed by atoms with E-state index in [4.69, 9.17) is 18.9 Å². The number of carbonyl (C=O) groups is 5. The lowest BCUT2D eigenvalue weighted by molar-refractivity contribution is -0.142. The van der Waals surface area contributed by atoms with E-state index in [9.17, 15) is 32.8 Å². The van der Waals surface area contributed by atoms with E-state index in [0.717, 1.165) is 14.8 Å². The van der Waals surface area contributed by atoms with Crippen LogP contribution in [0.4, 0.5) is 34.8 Å². The smallest absolute Gasteiger partial charge is 0.469 e. The summed E-state index contributed by atoms with van der Waals surface area (Å²) < 4.78 is 56.4. The Hall–Kier alpha value is -7.39. The van der Waals surface area contributed by atoms with Crippen molar-refractivity contribution >= 4 is 85.3 Å². The second-order valence-electron chi connectivity index (χ2n) is 20.0. The summed E-state index contributed by atoms with van der Waals surface area (Å²) in [4.78, 5) is 95.1. The first-order valence-corrected chi connectivity index (χ1v) is 26.1. The van der Waals surface area contributed by atoms with Crippen LogP contribution in [-0.2, 0) is 63.9 Å². The van der Waals surface area contributed by atoms with Gasteiger partial charge in [0.25, 0.3) is 0 Å². The zero-order valence-electron chi connectivity index (χ0n) is 46.0. The van der Waals surface area contributed by atoms with Gasteiger partial charge in [0.05, 0.1) is 61.6 Å². The molecule has 2 unspecified atom stereocenters. The summed E-state index contributed by atoms with van der Waals surface area (Å²) in [6.45, 7) is 20.4. The Morgan fingerprint density at radius 3 is 1.51 bits per heavy atom. The van der Waals surface area contributed by atoms with Crippen LogP contribution in [0.2, 0.25) is 0 Å². The Morgan fingerprint density at radius 1 is 0.628 bits per heavy atom. The molecule has 0 radical (unpaired) electrons. The fourth-order valence-corrected chi connectivity index (χ4v) is 8.20. The normalized spacial score (nSPS) is 12.1. The Morgan fingerprint density at radius 2 is 1.08 bits per heavy atom. The van der Waals surface area contributed by atoms with Crippen LogP contribution in [0.5, 0.6) is 0 Å². The second-order valence-corrected chi connectivity index (χ2v) is 22.1. The third kappa shape index (κ3) is 22.3. The van der Waals surface area contributed by atoms with Gasteiger partial charge in [-0.2, -0.15) is 0 Å². The van der Waals surface area contributed by atoms with Crippen LogP contribution in [0.1, 0.15) is 110 Å². The van der Waals surface area contributed by atoms with Gasteiger partial charge >= 0.3 is 30.3 Å². The third-order valence-electron chi connectivity index (χ3n) is 9.89. The summed E-state index contributed by atoms with van der Waals surface area (Å²) in [5, 5.41) is 11.1. The highest BCUT2D eigenvalue weighted by atomic mass is 32.1. The van der Waals surface area contributed by atoms with Crippen LogP contribution >= 0.6 is 22.7 Å². The van der Waals surface area contributed by atoms with Gasteiger partial charge in [0, 0.05) is 50.4 Å². The monoisotopic (exact) mass is 1130 g/mol. The first-order chi connectivity index (χ1) is 36.6. The molecule has 0 bridgehead atoms. The molecule has 424 valence electrons. The Bertz CT molecular complexity index is 2920. The van der Waals surface area contributed by atoms with Gasteiger partial charge in [0.1, 0.15) is 61.8 Å². The highest BCUT2D eigenvalue weighted by Crippen LogP contribution is 2.27. The van der Waals surface area contributed by atoms with Crippen LogP contribution in [0.3, 0.4) is 0 Å². The number of nitrogens with zero attached hydrogens (tertiary/aromatic N) is 9. The van der Waals surface area contributed by atoms with Crippen molar-refractivity contribution in [1.82, 2.24) is 50.1 Å². The maximum absolute atomic E-state index is 13.9. The number of pyridine rings is 2. The van der Waals surface area contributed by atoms with Crippen LogP contribution in [0.15, 0.2) is 49.3 Å². The lowest BCUT2D eigenvalue weighted by Gasteiger charge is -2.31. The predicted molar refractivity (Wildman–Crippen MR) is 288 cm³/mol. The van der Waals surface area contributed by atoms with Gasteiger partial charge in [-0.3, -0.25) is 19.6 Å². The number of hydrogen-bond acceptors (Lipinski definition) is 24. The van der Waals surface area contributed by atoms with Crippen molar-refractivity contribution in [3.05, 3.63) is 82.4 Å². The Labute approximate surface area is 459 Å². The third-order valence-corrected chi connectivity index (χ3v) is 11.9. The number of halogens is 2. The molecule has 0 saturated carbocycles. The van der Waals surface area contributed by atoms with E-state index in [2.05, 4.69) is 65.3 Å². The molecule has 1 amide bonds. The standard InChI is InChI=1S/C23H29FN6O4S.C18H21FN6O2S.C10H18O5/c1-14(11-18(31)33-5)30(22(32)34-23(2,3)4)10-8-17-29-19-20(27-13-28-21(19)35-17)26-12-16-15(24)7-6-9-25-16;1-11(8-15(26)27-2)20-7-5-14-25-16-17(23-10-24-18(16)28-14)22-9-13-12(19)4-3-6-21-13;1-9(2,3)14-7(11)13-8(12)15-10(4,5)6/h6-7,9,13-14H,8,10-12H2,1-5H3,(H,26,27,28);3-4,6,10-11,20H,5,7-9H2,1-2H3,(H,22,23,24);1-6H3. The van der Waals surface area contributed by atoms with E-state index in [1.54, 1.807) is 81.5 Å². The molecule has 27 heteroatoms. The highest BCUT2D eigenvalue weighted by Gasteiger charge is 2.29. The number of anilines is 2. The Kier molecular flexibility index (Phi) is 23.8. The van der Waals surface area contributed by atoms with Crippen molar-refractivity contribution < 1.29 is 61.2 Å². The van der Waals surface area contributed by atoms with Crippen molar-refractivity contribution in [2.75, 3.05) is 37.9 Å². The van der Waals surface area contributed by atoms with Crippen molar-refractivity contribution in [2.24, 2.45) is 0 Å². The molecular formula is C51H68F2N12O11S2. The summed E-state index contributed by atoms with van der Waals surface area (Å²) >= 11 is 2.85. The van der Waals surface area contributed by atoms with Crippen molar-refractivity contribution in [2.45, 2.75) is 144 Å². The minimum atomic E-state index is -1.06. The molecule has 0 spiro atoms. The molecule has 0 aliphatic carbocycles. The molecule has 6 aromatic heterocycles. The van der Waals surface area contributed by atoms with Gasteiger partial charge in [-0.25, -0.2) is 53.1 Å². The molecule has 6 heterocycles. The second kappa shape index (κ2) is 29.4. The van der Waals surface area contributed by atoms with Crippen molar-refractivity contribution in [3.63, 3.8) is 0 Å². The fraction of sp³-hybridized carbons (Fsp3) is 0.510. The number of methoxy groups -OCH3 is 2. The minimum Gasteiger partial charge on any atom is -0.469 e. The van der Waals surface area contributed by atoms with Crippen LogP contribution < -0.4 is 16.0 Å². The molecule has 6 aromatic rings. The molecule has 0 aliphatic rings. The van der Waals surface area contributed by atoms with Crippen LogP contribution in [0.25, 0.3) is 20.7 Å². The van der Waals surface area contributed by atoms with Gasteiger partial charge in [-0.05, 0) is 100 Å². The van der Waals surface area contributed by atoms with E-state index in [0.29, 0.717) is 59.0 Å². The molecule has 0 saturated heterocycles. The van der Waals surface area contributed by atoms with E-state index in [1.165, 1.54) is 78.8 Å². The van der Waals surface area contributed by atoms with Gasteiger partial charge in [0.2, 0.25) is 0 Å². The maximum Gasteiger partial charge on any atom is 0.519 e. The van der Waals surface area contributed by atoms with E-state index < -0.39 is 53.0 Å². The van der Waals surface area contributed by atoms with E-state index >= 15 is 0 Å². The summed E-state index contributed by atoms with van der Waals surface area (Å²) in [6, 6.07) is 5.38. The first-order valence-electron chi connectivity index (χ1n) is 24.5. The number of aromatic nitrogens is 8. The molecule has 6 rings (SSSR count). The van der Waals surface area contributed by atoms with Gasteiger partial charge in [-0.15, -0.1) is 0 Å². The molecular weight excluding hydrogens is 1060 g/mol. The molecule has 23 nitrogen and oxygen atoms in total. The topological polar surface area (TPSA) is 283 Å². The zero-order chi connectivity index (χ0) is 57.8. The summed E-state index contributed by atoms with van der Waals surface area (Å²) in [7, 11) is 2.69. The van der Waals surface area contributed by atoms with Crippen molar-refractivity contribution in [1.29, 1.82) is 0 Å². The molecule has 2 atom stereocenters. The average molecular weight is 1130 g/mol. The number of nitrogens with one attached hydrogen (secondary N) is 3. The molecule has 3 N–H and O–H groups in total. The first kappa shape index (κ1) is 63.1. The number of hydrogen-bond donors (Lipinski definition) is 3. The number of amides is 1. The molecule has 0 fully saturated rings. The quantitative estimate of drug-likeness (QED) is 0.0410. The number of esters is 2. The predicted octanol–water partition coefficient (Wildman–Crippen LogP) is 9.15. The van der Waals surface area contributed by atoms with E-state index in [1.807, 2.05) is 6.92 Å². The van der Waals surface area contributed by atoms with Crippen LogP contribution in [0, 0.1) is 11.6 Å². The maximum atomic E-state index is 13.9. The summed E-state index contributed by atoms with van der Waals surface area (Å²) in [6.07, 6.45) is 4.77. The SMILES string of the molecule is CC(C)(C)OC(=O)OC(=O)OC(C)(C)C.COC(=O)CC(C)N(CCc1nc2c(NCc3ncccc3F)ncnc2s1)C(=O)OC(C)(C)C.COC(=O)CC(C)NCCc1nc2c(NCc3ncccc3F)ncnc2s1. The largest absolute Gasteiger partial charge is 0.519 e. The number of rotatable bonds is 18. The van der Waals surface area contributed by atoms with Gasteiger partial charge < -0.3 is 49.3 Å². The number of carbonyl (C=O) groups excluding carboxylic acids is 5.